The lowest BCUT2D eigenvalue weighted by atomic mass is 9.89. The Hall–Kier alpha value is -1.03. The van der Waals surface area contributed by atoms with Crippen LogP contribution in [0.25, 0.3) is 0 Å². The van der Waals surface area contributed by atoms with E-state index in [4.69, 9.17) is 4.74 Å². The largest absolute Gasteiger partial charge is 0.488 e. The van der Waals surface area contributed by atoms with Crippen LogP contribution in [-0.4, -0.2) is 29.5 Å². The van der Waals surface area contributed by atoms with Gasteiger partial charge in [0, 0.05) is 13.6 Å². The zero-order valence-corrected chi connectivity index (χ0v) is 12.5. The number of nitrogens with zero attached hydrogens (tertiary/aromatic N) is 2. The van der Waals surface area contributed by atoms with Crippen molar-refractivity contribution in [2.45, 2.75) is 46.0 Å². The second-order valence-electron chi connectivity index (χ2n) is 5.68. The first-order valence-electron chi connectivity index (χ1n) is 7.52. The molecule has 0 radical (unpaired) electrons. The van der Waals surface area contributed by atoms with Crippen LogP contribution in [0.1, 0.15) is 43.5 Å². The summed E-state index contributed by atoms with van der Waals surface area (Å²) in [6.45, 7) is 6.83. The van der Waals surface area contributed by atoms with Crippen molar-refractivity contribution < 1.29 is 4.74 Å². The summed E-state index contributed by atoms with van der Waals surface area (Å²) in [6.07, 6.45) is 7.05. The van der Waals surface area contributed by atoms with Gasteiger partial charge >= 0.3 is 0 Å². The van der Waals surface area contributed by atoms with Crippen LogP contribution in [0.5, 0.6) is 5.75 Å². The number of ether oxygens (including phenoxy) is 1. The van der Waals surface area contributed by atoms with Gasteiger partial charge in [0.15, 0.2) is 5.75 Å². The van der Waals surface area contributed by atoms with Gasteiger partial charge in [0.25, 0.3) is 0 Å². The number of nitrogens with one attached hydrogen (secondary N) is 1. The van der Waals surface area contributed by atoms with Crippen LogP contribution in [0.3, 0.4) is 0 Å². The van der Waals surface area contributed by atoms with E-state index in [0.29, 0.717) is 0 Å². The van der Waals surface area contributed by atoms with Crippen molar-refractivity contribution in [2.24, 2.45) is 13.0 Å². The highest BCUT2D eigenvalue weighted by Gasteiger charge is 2.13. The summed E-state index contributed by atoms with van der Waals surface area (Å²) in [4.78, 5) is 0. The molecule has 19 heavy (non-hydrogen) atoms. The first-order valence-corrected chi connectivity index (χ1v) is 7.52. The molecule has 1 aromatic heterocycles. The van der Waals surface area contributed by atoms with E-state index in [1.165, 1.54) is 32.1 Å². The molecule has 1 saturated carbocycles. The zero-order valence-electron chi connectivity index (χ0n) is 12.5. The molecule has 0 amide bonds. The first kappa shape index (κ1) is 14.4. The van der Waals surface area contributed by atoms with Crippen LogP contribution >= 0.6 is 0 Å². The van der Waals surface area contributed by atoms with E-state index >= 15 is 0 Å². The Balaban J connectivity index is 1.63. The molecule has 1 fully saturated rings. The predicted molar refractivity (Wildman–Crippen MR) is 77.6 cm³/mol. The fourth-order valence-corrected chi connectivity index (χ4v) is 2.89. The summed E-state index contributed by atoms with van der Waals surface area (Å²) in [5, 5.41) is 7.87. The Kier molecular flexibility index (Phi) is 5.25. The zero-order chi connectivity index (χ0) is 13.7. The van der Waals surface area contributed by atoms with Crippen molar-refractivity contribution in [3.8, 4) is 5.75 Å². The Morgan fingerprint density at radius 2 is 2.00 bits per heavy atom. The third kappa shape index (κ3) is 3.96. The molecule has 1 N–H and O–H groups in total. The summed E-state index contributed by atoms with van der Waals surface area (Å²) in [5.74, 6) is 1.83. The molecular formula is C15H27N3O. The van der Waals surface area contributed by atoms with E-state index in [1.807, 2.05) is 25.6 Å². The van der Waals surface area contributed by atoms with Gasteiger partial charge in [-0.1, -0.05) is 19.3 Å². The lowest BCUT2D eigenvalue weighted by Gasteiger charge is -2.21. The van der Waals surface area contributed by atoms with Crippen molar-refractivity contribution in [3.63, 3.8) is 0 Å². The second kappa shape index (κ2) is 6.94. The maximum absolute atomic E-state index is 5.83. The molecule has 0 bridgehead atoms. The highest BCUT2D eigenvalue weighted by molar-refractivity contribution is 5.31. The van der Waals surface area contributed by atoms with Crippen LogP contribution in [0.2, 0.25) is 0 Å². The standard InChI is InChI=1S/C15H27N3O/c1-12-15(13(2)18(3)17-12)19-10-9-16-11-14-7-5-4-6-8-14/h14,16H,4-11H2,1-3H3. The van der Waals surface area contributed by atoms with Crippen molar-refractivity contribution in [1.29, 1.82) is 0 Å². The Bertz CT molecular complexity index is 394. The monoisotopic (exact) mass is 265 g/mol. The van der Waals surface area contributed by atoms with Crippen LogP contribution in [-0.2, 0) is 7.05 Å². The number of hydrogen-bond acceptors (Lipinski definition) is 3. The van der Waals surface area contributed by atoms with Gasteiger partial charge < -0.3 is 10.1 Å². The molecule has 1 aromatic rings. The molecule has 0 saturated heterocycles. The lowest BCUT2D eigenvalue weighted by molar-refractivity contribution is 0.292. The lowest BCUT2D eigenvalue weighted by Crippen LogP contribution is -2.28. The van der Waals surface area contributed by atoms with Crippen LogP contribution < -0.4 is 10.1 Å². The third-order valence-electron chi connectivity index (χ3n) is 4.13. The highest BCUT2D eigenvalue weighted by Crippen LogP contribution is 2.23. The molecule has 1 aliphatic rings. The molecule has 1 aliphatic carbocycles. The van der Waals surface area contributed by atoms with Crippen molar-refractivity contribution in [3.05, 3.63) is 11.4 Å². The third-order valence-corrected chi connectivity index (χ3v) is 4.13. The van der Waals surface area contributed by atoms with E-state index in [2.05, 4.69) is 10.4 Å². The summed E-state index contributed by atoms with van der Waals surface area (Å²) in [7, 11) is 1.95. The first-order chi connectivity index (χ1) is 9.18. The molecule has 4 nitrogen and oxygen atoms in total. The Labute approximate surface area is 116 Å². The van der Waals surface area contributed by atoms with Gasteiger partial charge in [-0.3, -0.25) is 4.68 Å². The molecule has 1 heterocycles. The SMILES string of the molecule is Cc1nn(C)c(C)c1OCCNCC1CCCCC1. The average Bonchev–Trinajstić information content (AvgIpc) is 2.65. The minimum atomic E-state index is 0.722. The molecule has 0 aromatic carbocycles. The molecule has 0 unspecified atom stereocenters. The molecule has 0 atom stereocenters. The van der Waals surface area contributed by atoms with Gasteiger partial charge in [0.1, 0.15) is 12.3 Å². The van der Waals surface area contributed by atoms with Crippen LogP contribution in [0, 0.1) is 19.8 Å². The smallest absolute Gasteiger partial charge is 0.163 e. The van der Waals surface area contributed by atoms with E-state index < -0.39 is 0 Å². The number of hydrogen-bond donors (Lipinski definition) is 1. The quantitative estimate of drug-likeness (QED) is 0.804. The van der Waals surface area contributed by atoms with E-state index in [0.717, 1.165) is 42.8 Å². The van der Waals surface area contributed by atoms with Gasteiger partial charge in [0.2, 0.25) is 0 Å². The minimum Gasteiger partial charge on any atom is -0.488 e. The predicted octanol–water partition coefficient (Wildman–Crippen LogP) is 2.59. The molecule has 108 valence electrons. The Morgan fingerprint density at radius 3 is 2.63 bits per heavy atom. The van der Waals surface area contributed by atoms with Gasteiger partial charge in [0.05, 0.1) is 5.69 Å². The average molecular weight is 265 g/mol. The van der Waals surface area contributed by atoms with Crippen molar-refractivity contribution in [1.82, 2.24) is 15.1 Å². The van der Waals surface area contributed by atoms with E-state index in [9.17, 15) is 0 Å². The number of rotatable bonds is 6. The van der Waals surface area contributed by atoms with Gasteiger partial charge in [-0.05, 0) is 39.2 Å². The fraction of sp³-hybridized carbons (Fsp3) is 0.800. The summed E-state index contributed by atoms with van der Waals surface area (Å²) >= 11 is 0. The highest BCUT2D eigenvalue weighted by atomic mass is 16.5. The van der Waals surface area contributed by atoms with Crippen LogP contribution in [0.15, 0.2) is 0 Å². The normalized spacial score (nSPS) is 16.8. The van der Waals surface area contributed by atoms with Crippen molar-refractivity contribution in [2.75, 3.05) is 19.7 Å². The maximum Gasteiger partial charge on any atom is 0.163 e. The fourth-order valence-electron chi connectivity index (χ4n) is 2.89. The molecule has 0 spiro atoms. The van der Waals surface area contributed by atoms with Gasteiger partial charge in [-0.25, -0.2) is 0 Å². The minimum absolute atomic E-state index is 0.722. The summed E-state index contributed by atoms with van der Waals surface area (Å²) in [6, 6.07) is 0. The summed E-state index contributed by atoms with van der Waals surface area (Å²) in [5.41, 5.74) is 2.08. The second-order valence-corrected chi connectivity index (χ2v) is 5.68. The molecule has 2 rings (SSSR count). The van der Waals surface area contributed by atoms with E-state index in [1.54, 1.807) is 0 Å². The Morgan fingerprint density at radius 1 is 1.26 bits per heavy atom. The molecule has 4 heteroatoms. The number of aryl methyl sites for hydroxylation is 2. The molecular weight excluding hydrogens is 238 g/mol. The van der Waals surface area contributed by atoms with E-state index in [-0.39, 0.29) is 0 Å². The van der Waals surface area contributed by atoms with Crippen molar-refractivity contribution >= 4 is 0 Å². The topological polar surface area (TPSA) is 39.1 Å². The number of aromatic nitrogens is 2. The maximum atomic E-state index is 5.83. The van der Waals surface area contributed by atoms with Gasteiger partial charge in [-0.15, -0.1) is 0 Å². The molecule has 0 aliphatic heterocycles. The van der Waals surface area contributed by atoms with Gasteiger partial charge in [-0.2, -0.15) is 5.10 Å². The van der Waals surface area contributed by atoms with Crippen LogP contribution in [0.4, 0.5) is 0 Å². The summed E-state index contributed by atoms with van der Waals surface area (Å²) < 4.78 is 7.71.